The lowest BCUT2D eigenvalue weighted by Gasteiger charge is -2.39. The molecule has 0 saturated carbocycles. The van der Waals surface area contributed by atoms with Crippen LogP contribution < -0.4 is 10.1 Å². The molecular weight excluding hydrogens is 426 g/mol. The predicted molar refractivity (Wildman–Crippen MR) is 119 cm³/mol. The fraction of sp³-hybridized carbons (Fsp3) is 0.583. The van der Waals surface area contributed by atoms with Gasteiger partial charge in [0, 0.05) is 31.6 Å². The van der Waals surface area contributed by atoms with Gasteiger partial charge in [0.1, 0.15) is 17.4 Å². The van der Waals surface area contributed by atoms with E-state index < -0.39 is 17.6 Å². The van der Waals surface area contributed by atoms with Crippen molar-refractivity contribution < 1.29 is 28.7 Å². The number of benzene rings is 1. The first-order chi connectivity index (χ1) is 15.6. The van der Waals surface area contributed by atoms with Gasteiger partial charge in [0.2, 0.25) is 11.8 Å². The molecule has 2 fully saturated rings. The van der Waals surface area contributed by atoms with Crippen LogP contribution in [-0.2, 0) is 20.9 Å². The summed E-state index contributed by atoms with van der Waals surface area (Å²) >= 11 is 0. The summed E-state index contributed by atoms with van der Waals surface area (Å²) in [7, 11) is 0. The van der Waals surface area contributed by atoms with E-state index in [1.54, 1.807) is 17.0 Å². The van der Waals surface area contributed by atoms with Crippen LogP contribution in [0.3, 0.4) is 0 Å². The first-order valence-electron chi connectivity index (χ1n) is 11.5. The Bertz CT molecular complexity index is 963. The molecule has 1 N–H and O–H groups in total. The average Bonchev–Trinajstić information content (AvgIpc) is 3.00. The molecule has 0 bridgehead atoms. The molecule has 0 aliphatic carbocycles. The third-order valence-electron chi connectivity index (χ3n) is 6.13. The van der Waals surface area contributed by atoms with Crippen LogP contribution in [-0.4, -0.2) is 65.0 Å². The topological polar surface area (TPSA) is 105 Å². The lowest BCUT2D eigenvalue weighted by Crippen LogP contribution is -2.52. The third-order valence-corrected chi connectivity index (χ3v) is 6.13. The zero-order valence-corrected chi connectivity index (χ0v) is 19.4. The Morgan fingerprint density at radius 3 is 2.64 bits per heavy atom. The van der Waals surface area contributed by atoms with E-state index >= 15 is 0 Å². The maximum absolute atomic E-state index is 12.7. The van der Waals surface area contributed by atoms with Gasteiger partial charge >= 0.3 is 6.09 Å². The Morgan fingerprint density at radius 1 is 1.18 bits per heavy atom. The lowest BCUT2D eigenvalue weighted by molar-refractivity contribution is -0.136. The second-order valence-corrected chi connectivity index (χ2v) is 9.96. The van der Waals surface area contributed by atoms with Gasteiger partial charge in [0.25, 0.3) is 5.91 Å². The second-order valence-electron chi connectivity index (χ2n) is 9.96. The molecule has 3 aliphatic rings. The van der Waals surface area contributed by atoms with E-state index in [4.69, 9.17) is 9.47 Å². The number of piperidine rings is 1. The van der Waals surface area contributed by atoms with Crippen molar-refractivity contribution in [3.8, 4) is 5.75 Å². The number of fused-ring (bicyclic) bond motifs is 1. The van der Waals surface area contributed by atoms with E-state index in [1.807, 2.05) is 26.8 Å². The molecule has 9 nitrogen and oxygen atoms in total. The normalized spacial score (nSPS) is 20.9. The Labute approximate surface area is 193 Å². The summed E-state index contributed by atoms with van der Waals surface area (Å²) in [5.74, 6) is 0.253. The van der Waals surface area contributed by atoms with Crippen LogP contribution in [0.5, 0.6) is 5.75 Å². The molecule has 178 valence electrons. The molecule has 2 saturated heterocycles. The monoisotopic (exact) mass is 457 g/mol. The van der Waals surface area contributed by atoms with Crippen LogP contribution in [0.2, 0.25) is 0 Å². The van der Waals surface area contributed by atoms with Crippen molar-refractivity contribution in [3.05, 3.63) is 29.3 Å². The number of hydrogen-bond donors (Lipinski definition) is 1. The molecule has 1 atom stereocenters. The molecule has 0 aromatic heterocycles. The largest absolute Gasteiger partial charge is 0.494 e. The molecule has 9 heteroatoms. The molecule has 1 unspecified atom stereocenters. The number of carbonyl (C=O) groups is 4. The minimum atomic E-state index is -0.616. The maximum atomic E-state index is 12.7. The fourth-order valence-electron chi connectivity index (χ4n) is 4.43. The first-order valence-corrected chi connectivity index (χ1v) is 11.5. The molecule has 4 rings (SSSR count). The van der Waals surface area contributed by atoms with Gasteiger partial charge in [-0.05, 0) is 69.7 Å². The summed E-state index contributed by atoms with van der Waals surface area (Å²) in [5, 5.41) is 2.31. The van der Waals surface area contributed by atoms with Gasteiger partial charge < -0.3 is 19.3 Å². The van der Waals surface area contributed by atoms with Gasteiger partial charge in [-0.1, -0.05) is 0 Å². The highest BCUT2D eigenvalue weighted by Crippen LogP contribution is 2.30. The zero-order valence-electron chi connectivity index (χ0n) is 19.4. The van der Waals surface area contributed by atoms with Crippen molar-refractivity contribution in [2.75, 3.05) is 19.7 Å². The quantitative estimate of drug-likeness (QED) is 0.520. The lowest BCUT2D eigenvalue weighted by atomic mass is 9.95. The van der Waals surface area contributed by atoms with Crippen LogP contribution in [0, 0.1) is 5.92 Å². The van der Waals surface area contributed by atoms with Crippen molar-refractivity contribution in [2.45, 2.75) is 64.6 Å². The number of carbonyl (C=O) groups excluding carboxylic acids is 4. The van der Waals surface area contributed by atoms with Crippen LogP contribution in [0.4, 0.5) is 4.79 Å². The number of nitrogens with zero attached hydrogens (tertiary/aromatic N) is 2. The van der Waals surface area contributed by atoms with Gasteiger partial charge in [-0.3, -0.25) is 19.7 Å². The third kappa shape index (κ3) is 5.29. The molecule has 0 spiro atoms. The van der Waals surface area contributed by atoms with Crippen LogP contribution in [0.1, 0.15) is 62.4 Å². The molecule has 0 radical (unpaired) electrons. The number of imide groups is 1. The fourth-order valence-corrected chi connectivity index (χ4v) is 4.43. The van der Waals surface area contributed by atoms with Gasteiger partial charge in [-0.25, -0.2) is 4.79 Å². The molecule has 3 heterocycles. The van der Waals surface area contributed by atoms with Crippen LogP contribution in [0.25, 0.3) is 0 Å². The smallest absolute Gasteiger partial charge is 0.410 e. The number of likely N-dealkylation sites (tertiary alicyclic amines) is 1. The Kier molecular flexibility index (Phi) is 6.32. The first kappa shape index (κ1) is 23.1. The van der Waals surface area contributed by atoms with Crippen LogP contribution >= 0.6 is 0 Å². The molecule has 1 aromatic carbocycles. The molecule has 3 aliphatic heterocycles. The van der Waals surface area contributed by atoms with E-state index in [-0.39, 0.29) is 24.3 Å². The van der Waals surface area contributed by atoms with Gasteiger partial charge in [0.15, 0.2) is 0 Å². The van der Waals surface area contributed by atoms with Gasteiger partial charge in [-0.15, -0.1) is 0 Å². The molecule has 1 aromatic rings. The standard InChI is InChI=1S/C24H31N3O6/c1-24(2,3)33-23(31)26-12-15(13-26)5-4-10-32-17-6-7-18-16(11-17)14-27(22(18)30)19-8-9-20(28)25-21(19)29/h6-7,11,15,19H,4-5,8-10,12-14H2,1-3H3,(H,25,28,29). The Hall–Kier alpha value is -3.10. The highest BCUT2D eigenvalue weighted by Gasteiger charge is 2.39. The van der Waals surface area contributed by atoms with E-state index in [0.717, 1.165) is 18.4 Å². The van der Waals surface area contributed by atoms with Crippen molar-refractivity contribution >= 4 is 23.8 Å². The van der Waals surface area contributed by atoms with E-state index in [9.17, 15) is 19.2 Å². The number of amides is 4. The minimum absolute atomic E-state index is 0.189. The maximum Gasteiger partial charge on any atom is 0.410 e. The second kappa shape index (κ2) is 9.03. The van der Waals surface area contributed by atoms with Crippen molar-refractivity contribution in [2.24, 2.45) is 5.92 Å². The highest BCUT2D eigenvalue weighted by atomic mass is 16.6. The van der Waals surface area contributed by atoms with Crippen LogP contribution in [0.15, 0.2) is 18.2 Å². The van der Waals surface area contributed by atoms with E-state index in [0.29, 0.717) is 49.9 Å². The summed E-state index contributed by atoms with van der Waals surface area (Å²) in [4.78, 5) is 51.5. The Morgan fingerprint density at radius 2 is 1.94 bits per heavy atom. The highest BCUT2D eigenvalue weighted by molar-refractivity contribution is 6.05. The van der Waals surface area contributed by atoms with E-state index in [2.05, 4.69) is 5.32 Å². The van der Waals surface area contributed by atoms with Crippen molar-refractivity contribution in [1.82, 2.24) is 15.1 Å². The molecular formula is C24H31N3O6. The van der Waals surface area contributed by atoms with E-state index in [1.165, 1.54) is 4.90 Å². The average molecular weight is 458 g/mol. The molecule has 33 heavy (non-hydrogen) atoms. The zero-order chi connectivity index (χ0) is 23.8. The Balaban J connectivity index is 1.21. The summed E-state index contributed by atoms with van der Waals surface area (Å²) in [6.07, 6.45) is 2.16. The minimum Gasteiger partial charge on any atom is -0.494 e. The van der Waals surface area contributed by atoms with Gasteiger partial charge in [-0.2, -0.15) is 0 Å². The number of nitrogens with one attached hydrogen (secondary N) is 1. The van der Waals surface area contributed by atoms with Crippen molar-refractivity contribution in [1.29, 1.82) is 0 Å². The summed E-state index contributed by atoms with van der Waals surface area (Å²) < 4.78 is 11.3. The SMILES string of the molecule is CC(C)(C)OC(=O)N1CC(CCCOc2ccc3c(c2)CN(C2CCC(=O)NC2=O)C3=O)C1. The van der Waals surface area contributed by atoms with Crippen molar-refractivity contribution in [3.63, 3.8) is 0 Å². The van der Waals surface area contributed by atoms with Gasteiger partial charge in [0.05, 0.1) is 6.61 Å². The number of hydrogen-bond acceptors (Lipinski definition) is 6. The predicted octanol–water partition coefficient (Wildman–Crippen LogP) is 2.47. The summed E-state index contributed by atoms with van der Waals surface area (Å²) in [5.41, 5.74) is 0.924. The summed E-state index contributed by atoms with van der Waals surface area (Å²) in [6, 6.07) is 4.75. The number of rotatable bonds is 6. The summed E-state index contributed by atoms with van der Waals surface area (Å²) in [6.45, 7) is 7.90. The molecule has 4 amide bonds. The number of ether oxygens (including phenoxy) is 2.